The number of rotatable bonds is 3. The lowest BCUT2D eigenvalue weighted by Gasteiger charge is -2.10. The molecule has 182 valence electrons. The minimum atomic E-state index is 0.672. The molecule has 8 rings (SSSR count). The van der Waals surface area contributed by atoms with Crippen molar-refractivity contribution in [3.63, 3.8) is 0 Å². The molecule has 0 amide bonds. The number of aromatic nitrogens is 3. The molecule has 0 atom stereocenters. The van der Waals surface area contributed by atoms with E-state index in [-0.39, 0.29) is 0 Å². The summed E-state index contributed by atoms with van der Waals surface area (Å²) >= 11 is 1.80. The molecule has 0 aliphatic rings. The predicted molar refractivity (Wildman–Crippen MR) is 164 cm³/mol. The molecule has 0 unspecified atom stereocenters. The predicted octanol–water partition coefficient (Wildman–Crippen LogP) is 9.55. The average molecular weight is 516 g/mol. The number of hydrogen-bond donors (Lipinski definition) is 0. The first-order chi connectivity index (χ1) is 19.3. The fourth-order valence-corrected chi connectivity index (χ4v) is 6.51. The minimum Gasteiger partial charge on any atom is -0.208 e. The second-order valence-electron chi connectivity index (χ2n) is 9.70. The van der Waals surface area contributed by atoms with Crippen LogP contribution in [0.3, 0.4) is 0 Å². The van der Waals surface area contributed by atoms with E-state index in [1.54, 1.807) is 11.3 Å². The van der Waals surface area contributed by atoms with Crippen molar-refractivity contribution >= 4 is 53.1 Å². The van der Waals surface area contributed by atoms with Gasteiger partial charge in [0, 0.05) is 36.9 Å². The Balaban J connectivity index is 1.32. The smallest absolute Gasteiger partial charge is 0.164 e. The molecule has 0 saturated carbocycles. The SMILES string of the molecule is c1ccc(-c2nc(-c3ccc4c(ccc5ccccc54)c3)nc(-c3ccc4c(c3)sc3ccccc34)n2)cc1. The highest BCUT2D eigenvalue weighted by Crippen LogP contribution is 2.36. The summed E-state index contributed by atoms with van der Waals surface area (Å²) in [6.45, 7) is 0. The number of hydrogen-bond acceptors (Lipinski definition) is 4. The minimum absolute atomic E-state index is 0.672. The third-order valence-electron chi connectivity index (χ3n) is 7.31. The van der Waals surface area contributed by atoms with Gasteiger partial charge in [0.1, 0.15) is 0 Å². The number of nitrogens with zero attached hydrogens (tertiary/aromatic N) is 3. The zero-order valence-electron chi connectivity index (χ0n) is 20.9. The second-order valence-corrected chi connectivity index (χ2v) is 10.8. The molecular formula is C35H21N3S. The normalized spacial score (nSPS) is 11.6. The van der Waals surface area contributed by atoms with Gasteiger partial charge in [-0.25, -0.2) is 15.0 Å². The van der Waals surface area contributed by atoms with Gasteiger partial charge >= 0.3 is 0 Å². The summed E-state index contributed by atoms with van der Waals surface area (Å²) < 4.78 is 2.52. The lowest BCUT2D eigenvalue weighted by molar-refractivity contribution is 1.08. The zero-order chi connectivity index (χ0) is 25.8. The molecule has 0 aliphatic heterocycles. The molecule has 4 heteroatoms. The average Bonchev–Trinajstić information content (AvgIpc) is 3.39. The van der Waals surface area contributed by atoms with E-state index < -0.39 is 0 Å². The fraction of sp³-hybridized carbons (Fsp3) is 0. The highest BCUT2D eigenvalue weighted by atomic mass is 32.1. The van der Waals surface area contributed by atoms with E-state index in [1.165, 1.54) is 41.7 Å². The summed E-state index contributed by atoms with van der Waals surface area (Å²) in [5.41, 5.74) is 2.93. The van der Waals surface area contributed by atoms with Gasteiger partial charge in [-0.1, -0.05) is 109 Å². The van der Waals surface area contributed by atoms with Crippen LogP contribution in [0.2, 0.25) is 0 Å². The molecule has 2 heterocycles. The highest BCUT2D eigenvalue weighted by Gasteiger charge is 2.14. The summed E-state index contributed by atoms with van der Waals surface area (Å²) in [5, 5.41) is 7.43. The van der Waals surface area contributed by atoms with Gasteiger partial charge in [0.25, 0.3) is 0 Å². The summed E-state index contributed by atoms with van der Waals surface area (Å²) in [5.74, 6) is 2.02. The third-order valence-corrected chi connectivity index (χ3v) is 8.44. The Morgan fingerprint density at radius 3 is 1.74 bits per heavy atom. The molecule has 0 saturated heterocycles. The van der Waals surface area contributed by atoms with Crippen molar-refractivity contribution in [3.8, 4) is 34.2 Å². The molecular weight excluding hydrogens is 494 g/mol. The van der Waals surface area contributed by atoms with Crippen LogP contribution in [0.5, 0.6) is 0 Å². The monoisotopic (exact) mass is 515 g/mol. The number of fused-ring (bicyclic) bond motifs is 6. The second kappa shape index (κ2) is 8.83. The van der Waals surface area contributed by atoms with Gasteiger partial charge < -0.3 is 0 Å². The van der Waals surface area contributed by atoms with E-state index in [2.05, 4.69) is 97.1 Å². The number of thiophene rings is 1. The van der Waals surface area contributed by atoms with E-state index in [0.29, 0.717) is 17.5 Å². The van der Waals surface area contributed by atoms with E-state index >= 15 is 0 Å². The van der Waals surface area contributed by atoms with E-state index in [0.717, 1.165) is 16.7 Å². The van der Waals surface area contributed by atoms with Crippen LogP contribution < -0.4 is 0 Å². The van der Waals surface area contributed by atoms with Crippen LogP contribution in [0.4, 0.5) is 0 Å². The summed E-state index contributed by atoms with van der Waals surface area (Å²) in [4.78, 5) is 14.9. The van der Waals surface area contributed by atoms with Crippen molar-refractivity contribution < 1.29 is 0 Å². The molecule has 6 aromatic carbocycles. The van der Waals surface area contributed by atoms with Crippen LogP contribution in [-0.2, 0) is 0 Å². The quantitative estimate of drug-likeness (QED) is 0.220. The zero-order valence-corrected chi connectivity index (χ0v) is 21.7. The van der Waals surface area contributed by atoms with Crippen molar-refractivity contribution in [2.75, 3.05) is 0 Å². The van der Waals surface area contributed by atoms with Crippen molar-refractivity contribution in [1.82, 2.24) is 15.0 Å². The largest absolute Gasteiger partial charge is 0.208 e. The third kappa shape index (κ3) is 3.77. The Morgan fingerprint density at radius 1 is 0.359 bits per heavy atom. The summed E-state index contributed by atoms with van der Waals surface area (Å²) in [6, 6.07) is 44.6. The van der Waals surface area contributed by atoms with Crippen LogP contribution in [0, 0.1) is 0 Å². The van der Waals surface area contributed by atoms with Crippen LogP contribution in [0.25, 0.3) is 75.9 Å². The maximum absolute atomic E-state index is 5.01. The Bertz CT molecular complexity index is 2180. The molecule has 0 spiro atoms. The van der Waals surface area contributed by atoms with Gasteiger partial charge in [-0.05, 0) is 39.7 Å². The highest BCUT2D eigenvalue weighted by molar-refractivity contribution is 7.25. The van der Waals surface area contributed by atoms with Gasteiger partial charge in [-0.15, -0.1) is 11.3 Å². The fourth-order valence-electron chi connectivity index (χ4n) is 5.37. The molecule has 39 heavy (non-hydrogen) atoms. The Hall–Kier alpha value is -4.93. The van der Waals surface area contributed by atoms with Crippen molar-refractivity contribution in [2.24, 2.45) is 0 Å². The molecule has 8 aromatic rings. The van der Waals surface area contributed by atoms with Crippen LogP contribution >= 0.6 is 11.3 Å². The van der Waals surface area contributed by atoms with Crippen molar-refractivity contribution in [2.45, 2.75) is 0 Å². The van der Waals surface area contributed by atoms with Gasteiger partial charge in [0.15, 0.2) is 17.5 Å². The molecule has 0 bridgehead atoms. The Labute approximate surface area is 229 Å². The summed E-state index contributed by atoms with van der Waals surface area (Å²) in [6.07, 6.45) is 0. The Morgan fingerprint density at radius 2 is 0.923 bits per heavy atom. The maximum atomic E-state index is 5.01. The van der Waals surface area contributed by atoms with Gasteiger partial charge in [0.2, 0.25) is 0 Å². The Kier molecular flexibility index (Phi) is 5.00. The molecule has 3 nitrogen and oxygen atoms in total. The lowest BCUT2D eigenvalue weighted by atomic mass is 10.00. The topological polar surface area (TPSA) is 38.7 Å². The lowest BCUT2D eigenvalue weighted by Crippen LogP contribution is -2.00. The van der Waals surface area contributed by atoms with Crippen molar-refractivity contribution in [1.29, 1.82) is 0 Å². The molecule has 0 aliphatic carbocycles. The molecule has 0 radical (unpaired) electrons. The van der Waals surface area contributed by atoms with E-state index in [9.17, 15) is 0 Å². The van der Waals surface area contributed by atoms with E-state index in [1.807, 2.05) is 30.3 Å². The molecule has 0 fully saturated rings. The van der Waals surface area contributed by atoms with Crippen LogP contribution in [0.1, 0.15) is 0 Å². The first kappa shape index (κ1) is 22.1. The first-order valence-corrected chi connectivity index (χ1v) is 13.8. The molecule has 0 N–H and O–H groups in total. The first-order valence-electron chi connectivity index (χ1n) is 13.0. The van der Waals surface area contributed by atoms with Gasteiger partial charge in [0.05, 0.1) is 0 Å². The number of benzene rings is 6. The van der Waals surface area contributed by atoms with Crippen molar-refractivity contribution in [3.05, 3.63) is 127 Å². The van der Waals surface area contributed by atoms with Gasteiger partial charge in [-0.2, -0.15) is 0 Å². The summed E-state index contributed by atoms with van der Waals surface area (Å²) in [7, 11) is 0. The van der Waals surface area contributed by atoms with E-state index in [4.69, 9.17) is 15.0 Å². The van der Waals surface area contributed by atoms with Crippen LogP contribution in [-0.4, -0.2) is 15.0 Å². The van der Waals surface area contributed by atoms with Gasteiger partial charge in [-0.3, -0.25) is 0 Å². The maximum Gasteiger partial charge on any atom is 0.164 e. The molecule has 2 aromatic heterocycles. The standard InChI is InChI=1S/C35H21N3S/c1-2-9-23(10-3-1)33-36-34(25-16-18-28-24(20-25)15-14-22-8-4-5-11-27(22)28)38-35(37-33)26-17-19-30-29-12-6-7-13-31(29)39-32(30)21-26/h1-21H. The van der Waals surface area contributed by atoms with Crippen LogP contribution in [0.15, 0.2) is 127 Å².